The Morgan fingerprint density at radius 2 is 2.00 bits per heavy atom. The highest BCUT2D eigenvalue weighted by atomic mass is 35.5. The monoisotopic (exact) mass is 388 g/mol. The predicted molar refractivity (Wildman–Crippen MR) is 105 cm³/mol. The average molecular weight is 389 g/mol. The quantitative estimate of drug-likeness (QED) is 0.848. The topological polar surface area (TPSA) is 67.9 Å². The van der Waals surface area contributed by atoms with Gasteiger partial charge in [-0.25, -0.2) is 0 Å². The number of hydrogen-bond acceptors (Lipinski definition) is 4. The number of ether oxygens (including phenoxy) is 2. The first-order chi connectivity index (χ1) is 12.9. The van der Waals surface area contributed by atoms with Gasteiger partial charge in [0.1, 0.15) is 11.5 Å². The number of benzene rings is 2. The molecule has 142 valence electrons. The number of anilines is 2. The summed E-state index contributed by atoms with van der Waals surface area (Å²) < 4.78 is 10.6. The molecule has 0 aromatic heterocycles. The summed E-state index contributed by atoms with van der Waals surface area (Å²) in [4.78, 5) is 26.8. The molecule has 1 heterocycles. The molecule has 2 aromatic rings. The van der Waals surface area contributed by atoms with Crippen molar-refractivity contribution in [3.8, 4) is 11.5 Å². The van der Waals surface area contributed by atoms with E-state index in [9.17, 15) is 9.59 Å². The van der Waals surface area contributed by atoms with Crippen LogP contribution in [0.5, 0.6) is 11.5 Å². The molecule has 0 unspecified atom stereocenters. The van der Waals surface area contributed by atoms with Crippen LogP contribution in [0.3, 0.4) is 0 Å². The first kappa shape index (κ1) is 19.0. The van der Waals surface area contributed by atoms with Crippen molar-refractivity contribution >= 4 is 34.8 Å². The average Bonchev–Trinajstić information content (AvgIpc) is 3.06. The molecular weight excluding hydrogens is 368 g/mol. The molecule has 0 radical (unpaired) electrons. The van der Waals surface area contributed by atoms with Gasteiger partial charge in [-0.15, -0.1) is 0 Å². The summed E-state index contributed by atoms with van der Waals surface area (Å²) in [6.45, 7) is 2.12. The van der Waals surface area contributed by atoms with E-state index in [-0.39, 0.29) is 24.8 Å². The molecule has 0 aliphatic carbocycles. The summed E-state index contributed by atoms with van der Waals surface area (Å²) in [5.41, 5.74) is 2.07. The molecule has 1 saturated heterocycles. The fraction of sp³-hybridized carbons (Fsp3) is 0.300. The first-order valence-electron chi connectivity index (χ1n) is 8.53. The molecule has 0 bridgehead atoms. The minimum atomic E-state index is -0.456. The second-order valence-corrected chi connectivity index (χ2v) is 6.75. The van der Waals surface area contributed by atoms with Gasteiger partial charge in [-0.1, -0.05) is 17.7 Å². The van der Waals surface area contributed by atoms with Gasteiger partial charge >= 0.3 is 0 Å². The molecule has 0 spiro atoms. The molecule has 27 heavy (non-hydrogen) atoms. The molecule has 1 atom stereocenters. The normalized spacial score (nSPS) is 16.4. The third-order valence-electron chi connectivity index (χ3n) is 4.70. The Kier molecular flexibility index (Phi) is 5.56. The van der Waals surface area contributed by atoms with E-state index in [1.807, 2.05) is 6.92 Å². The van der Waals surface area contributed by atoms with Crippen molar-refractivity contribution < 1.29 is 19.1 Å². The van der Waals surface area contributed by atoms with Crippen LogP contribution in [0, 0.1) is 12.8 Å². The number of rotatable bonds is 5. The van der Waals surface area contributed by atoms with Crippen LogP contribution < -0.4 is 19.7 Å². The number of hydrogen-bond donors (Lipinski definition) is 1. The summed E-state index contributed by atoms with van der Waals surface area (Å²) in [5.74, 6) is 0.371. The lowest BCUT2D eigenvalue weighted by Gasteiger charge is -2.20. The molecule has 1 fully saturated rings. The van der Waals surface area contributed by atoms with Gasteiger partial charge in [0.25, 0.3) is 0 Å². The molecule has 0 saturated carbocycles. The fourth-order valence-electron chi connectivity index (χ4n) is 3.10. The molecule has 3 rings (SSSR count). The molecular formula is C20H21ClN2O4. The summed E-state index contributed by atoms with van der Waals surface area (Å²) in [6.07, 6.45) is 0.140. The Balaban J connectivity index is 1.77. The van der Waals surface area contributed by atoms with Crippen molar-refractivity contribution in [2.24, 2.45) is 5.92 Å². The maximum Gasteiger partial charge on any atom is 0.229 e. The Bertz CT molecular complexity index is 884. The lowest BCUT2D eigenvalue weighted by molar-refractivity contribution is -0.122. The summed E-state index contributed by atoms with van der Waals surface area (Å²) >= 11 is 6.10. The van der Waals surface area contributed by atoms with Crippen LogP contribution in [0.2, 0.25) is 5.02 Å². The van der Waals surface area contributed by atoms with Gasteiger partial charge in [0.2, 0.25) is 11.8 Å². The first-order valence-corrected chi connectivity index (χ1v) is 8.90. The van der Waals surface area contributed by atoms with Gasteiger partial charge in [-0.2, -0.15) is 0 Å². The van der Waals surface area contributed by atoms with Crippen LogP contribution in [-0.2, 0) is 9.59 Å². The molecule has 7 heteroatoms. The van der Waals surface area contributed by atoms with Crippen molar-refractivity contribution in [2.45, 2.75) is 13.3 Å². The number of amides is 2. The van der Waals surface area contributed by atoms with Crippen LogP contribution in [0.1, 0.15) is 12.0 Å². The summed E-state index contributed by atoms with van der Waals surface area (Å²) in [5, 5.41) is 3.46. The molecule has 1 aliphatic rings. The van der Waals surface area contributed by atoms with E-state index < -0.39 is 5.92 Å². The van der Waals surface area contributed by atoms with E-state index in [0.29, 0.717) is 27.9 Å². The molecule has 2 amide bonds. The second-order valence-electron chi connectivity index (χ2n) is 6.34. The van der Waals surface area contributed by atoms with Gasteiger partial charge in [0.05, 0.1) is 25.8 Å². The van der Waals surface area contributed by atoms with Crippen LogP contribution >= 0.6 is 11.6 Å². The fourth-order valence-corrected chi connectivity index (χ4v) is 3.28. The van der Waals surface area contributed by atoms with Crippen LogP contribution in [0.4, 0.5) is 11.4 Å². The van der Waals surface area contributed by atoms with Gasteiger partial charge in [0.15, 0.2) is 0 Å². The third kappa shape index (κ3) is 3.85. The SMILES string of the molecule is COc1ccc(N2C[C@H](C(=O)Nc3cccc(Cl)c3C)CC2=O)c(OC)c1. The minimum absolute atomic E-state index is 0.124. The minimum Gasteiger partial charge on any atom is -0.497 e. The van der Waals surface area contributed by atoms with Gasteiger partial charge < -0.3 is 19.7 Å². The van der Waals surface area contributed by atoms with Crippen LogP contribution in [0.25, 0.3) is 0 Å². The maximum atomic E-state index is 12.7. The van der Waals surface area contributed by atoms with E-state index in [1.165, 1.54) is 7.11 Å². The summed E-state index contributed by atoms with van der Waals surface area (Å²) in [7, 11) is 3.10. The van der Waals surface area contributed by atoms with E-state index in [0.717, 1.165) is 5.56 Å². The van der Waals surface area contributed by atoms with Crippen molar-refractivity contribution in [1.82, 2.24) is 0 Å². The molecule has 1 N–H and O–H groups in total. The van der Waals surface area contributed by atoms with Gasteiger partial charge in [0, 0.05) is 29.7 Å². The summed E-state index contributed by atoms with van der Waals surface area (Å²) in [6, 6.07) is 10.6. The number of halogens is 1. The van der Waals surface area contributed by atoms with Crippen molar-refractivity contribution in [1.29, 1.82) is 0 Å². The second kappa shape index (κ2) is 7.88. The zero-order valence-electron chi connectivity index (χ0n) is 15.4. The number of nitrogens with zero attached hydrogens (tertiary/aromatic N) is 1. The highest BCUT2D eigenvalue weighted by Crippen LogP contribution is 2.36. The smallest absolute Gasteiger partial charge is 0.229 e. The largest absolute Gasteiger partial charge is 0.497 e. The molecule has 6 nitrogen and oxygen atoms in total. The Morgan fingerprint density at radius 3 is 2.70 bits per heavy atom. The highest BCUT2D eigenvalue weighted by molar-refractivity contribution is 6.31. The van der Waals surface area contributed by atoms with E-state index in [4.69, 9.17) is 21.1 Å². The predicted octanol–water partition coefficient (Wildman–Crippen LogP) is 3.66. The molecule has 2 aromatic carbocycles. The van der Waals surface area contributed by atoms with Crippen molar-refractivity contribution in [3.63, 3.8) is 0 Å². The van der Waals surface area contributed by atoms with Gasteiger partial charge in [-0.3, -0.25) is 9.59 Å². The van der Waals surface area contributed by atoms with E-state index in [2.05, 4.69) is 5.32 Å². The lowest BCUT2D eigenvalue weighted by Crippen LogP contribution is -2.28. The number of carbonyl (C=O) groups excluding carboxylic acids is 2. The third-order valence-corrected chi connectivity index (χ3v) is 5.11. The standard InChI is InChI=1S/C20H21ClN2O4/c1-12-15(21)5-4-6-16(12)22-20(25)13-9-19(24)23(11-13)17-8-7-14(26-2)10-18(17)27-3/h4-8,10,13H,9,11H2,1-3H3,(H,22,25)/t13-/m1/s1. The van der Waals surface area contributed by atoms with E-state index in [1.54, 1.807) is 48.4 Å². The van der Waals surface area contributed by atoms with Crippen molar-refractivity contribution in [2.75, 3.05) is 31.0 Å². The lowest BCUT2D eigenvalue weighted by atomic mass is 10.1. The Labute approximate surface area is 163 Å². The van der Waals surface area contributed by atoms with Crippen molar-refractivity contribution in [3.05, 3.63) is 47.0 Å². The zero-order chi connectivity index (χ0) is 19.6. The Morgan fingerprint density at radius 1 is 1.22 bits per heavy atom. The number of methoxy groups -OCH3 is 2. The highest BCUT2D eigenvalue weighted by Gasteiger charge is 2.36. The zero-order valence-corrected chi connectivity index (χ0v) is 16.2. The van der Waals surface area contributed by atoms with Gasteiger partial charge in [-0.05, 0) is 36.8 Å². The number of carbonyl (C=O) groups is 2. The van der Waals surface area contributed by atoms with E-state index >= 15 is 0 Å². The molecule has 1 aliphatic heterocycles. The maximum absolute atomic E-state index is 12.7. The van der Waals surface area contributed by atoms with Crippen LogP contribution in [0.15, 0.2) is 36.4 Å². The number of nitrogens with one attached hydrogen (secondary N) is 1. The van der Waals surface area contributed by atoms with Crippen LogP contribution in [-0.4, -0.2) is 32.6 Å². The Hall–Kier alpha value is -2.73.